The number of hydrogen-bond donors (Lipinski definition) is 1. The molecule has 2 aliphatic heterocycles. The summed E-state index contributed by atoms with van der Waals surface area (Å²) >= 11 is 0. The molecule has 12 nitrogen and oxygen atoms in total. The van der Waals surface area contributed by atoms with Crippen molar-refractivity contribution in [1.29, 1.82) is 0 Å². The Balaban J connectivity index is 1.21. The molecule has 1 fully saturated rings. The third-order valence-electron chi connectivity index (χ3n) is 7.84. The van der Waals surface area contributed by atoms with E-state index in [4.69, 9.17) is 14.5 Å². The van der Waals surface area contributed by atoms with E-state index in [2.05, 4.69) is 15.3 Å². The fourth-order valence-corrected chi connectivity index (χ4v) is 7.04. The van der Waals surface area contributed by atoms with Gasteiger partial charge in [0.15, 0.2) is 0 Å². The first-order chi connectivity index (χ1) is 21.9. The lowest BCUT2D eigenvalue weighted by molar-refractivity contribution is -0.120. The summed E-state index contributed by atoms with van der Waals surface area (Å²) in [5.74, 6) is 0.740. The lowest BCUT2D eigenvalue weighted by Crippen LogP contribution is -2.42. The van der Waals surface area contributed by atoms with Crippen LogP contribution < -0.4 is 15.0 Å². The highest BCUT2D eigenvalue weighted by atomic mass is 32.2. The lowest BCUT2D eigenvalue weighted by Gasteiger charge is -2.32. The van der Waals surface area contributed by atoms with Crippen LogP contribution in [0.2, 0.25) is 0 Å². The van der Waals surface area contributed by atoms with E-state index in [1.165, 1.54) is 4.31 Å². The van der Waals surface area contributed by atoms with E-state index in [9.17, 15) is 18.0 Å². The molecule has 0 aliphatic carbocycles. The minimum absolute atomic E-state index is 0.0986. The van der Waals surface area contributed by atoms with Crippen molar-refractivity contribution in [3.05, 3.63) is 66.0 Å². The quantitative estimate of drug-likeness (QED) is 0.291. The third kappa shape index (κ3) is 6.80. The molecule has 1 N–H and O–H groups in total. The summed E-state index contributed by atoms with van der Waals surface area (Å²) in [6.45, 7) is 8.58. The van der Waals surface area contributed by atoms with Crippen LogP contribution >= 0.6 is 0 Å². The number of carbonyl (C=O) groups excluding carboxylic acids is 2. The molecule has 2 aromatic carbocycles. The SMILES string of the molecule is Cc1c(-c2ccc3cnc(Nc4ccc(CS(=O)(=O)N5CCC(=O)CC5)cc4)nc3c2)cnc2c1N(C(=O)OC(C)(C)C)CCO2. The van der Waals surface area contributed by atoms with Crippen molar-refractivity contribution >= 4 is 50.1 Å². The molecule has 0 radical (unpaired) electrons. The van der Waals surface area contributed by atoms with Crippen LogP contribution in [-0.4, -0.2) is 71.4 Å². The van der Waals surface area contributed by atoms with Crippen LogP contribution in [0.3, 0.4) is 0 Å². The highest BCUT2D eigenvalue weighted by molar-refractivity contribution is 7.88. The number of anilines is 3. The second-order valence-electron chi connectivity index (χ2n) is 12.4. The van der Waals surface area contributed by atoms with E-state index in [0.29, 0.717) is 47.4 Å². The molecule has 0 unspecified atom stereocenters. The van der Waals surface area contributed by atoms with Gasteiger partial charge in [-0.2, -0.15) is 0 Å². The predicted molar refractivity (Wildman–Crippen MR) is 175 cm³/mol. The highest BCUT2D eigenvalue weighted by Gasteiger charge is 2.32. The number of sulfonamides is 1. The molecule has 0 saturated carbocycles. The zero-order chi connectivity index (χ0) is 32.6. The molecular weight excluding hydrogens is 608 g/mol. The molecule has 2 aromatic heterocycles. The average molecular weight is 645 g/mol. The number of piperidine rings is 1. The number of ether oxygens (including phenoxy) is 2. The number of rotatable bonds is 6. The van der Waals surface area contributed by atoms with Crippen LogP contribution in [0.4, 0.5) is 22.1 Å². The highest BCUT2D eigenvalue weighted by Crippen LogP contribution is 2.39. The Morgan fingerprint density at radius 3 is 2.48 bits per heavy atom. The summed E-state index contributed by atoms with van der Waals surface area (Å²) in [7, 11) is -3.51. The van der Waals surface area contributed by atoms with Crippen molar-refractivity contribution in [1.82, 2.24) is 19.3 Å². The number of benzene rings is 2. The molecule has 0 bridgehead atoms. The molecule has 2 aliphatic rings. The Morgan fingerprint density at radius 2 is 1.76 bits per heavy atom. The summed E-state index contributed by atoms with van der Waals surface area (Å²) in [5, 5.41) is 4.04. The van der Waals surface area contributed by atoms with Crippen molar-refractivity contribution in [2.24, 2.45) is 0 Å². The predicted octanol–water partition coefficient (Wildman–Crippen LogP) is 5.37. The molecule has 1 saturated heterocycles. The topological polar surface area (TPSA) is 144 Å². The van der Waals surface area contributed by atoms with E-state index < -0.39 is 21.7 Å². The number of nitrogens with one attached hydrogen (secondary N) is 1. The van der Waals surface area contributed by atoms with Gasteiger partial charge in [0.1, 0.15) is 23.7 Å². The van der Waals surface area contributed by atoms with Gasteiger partial charge in [0.2, 0.25) is 21.9 Å². The normalized spacial score (nSPS) is 15.7. The van der Waals surface area contributed by atoms with Crippen molar-refractivity contribution in [2.75, 3.05) is 36.5 Å². The van der Waals surface area contributed by atoms with Crippen LogP contribution in [0.5, 0.6) is 5.88 Å². The molecule has 46 heavy (non-hydrogen) atoms. The number of carbonyl (C=O) groups is 2. The second kappa shape index (κ2) is 12.3. The first-order valence-corrected chi connectivity index (χ1v) is 16.7. The zero-order valence-electron chi connectivity index (χ0n) is 26.2. The van der Waals surface area contributed by atoms with Crippen LogP contribution in [0, 0.1) is 6.92 Å². The van der Waals surface area contributed by atoms with E-state index in [0.717, 1.165) is 22.1 Å². The Bertz CT molecular complexity index is 1910. The summed E-state index contributed by atoms with van der Waals surface area (Å²) in [6, 6.07) is 12.9. The molecule has 0 atom stereocenters. The van der Waals surface area contributed by atoms with Gasteiger partial charge >= 0.3 is 6.09 Å². The van der Waals surface area contributed by atoms with Gasteiger partial charge in [-0.15, -0.1) is 0 Å². The van der Waals surface area contributed by atoms with Gasteiger partial charge in [0, 0.05) is 55.0 Å². The largest absolute Gasteiger partial charge is 0.474 e. The van der Waals surface area contributed by atoms with Crippen LogP contribution in [-0.2, 0) is 25.3 Å². The number of Topliss-reactive ketones (excluding diaryl/α,β-unsaturated/α-hetero) is 1. The van der Waals surface area contributed by atoms with Crippen molar-refractivity contribution < 1.29 is 27.5 Å². The van der Waals surface area contributed by atoms with Crippen molar-refractivity contribution in [3.8, 4) is 17.0 Å². The van der Waals surface area contributed by atoms with Gasteiger partial charge in [-0.3, -0.25) is 9.69 Å². The maximum atomic E-state index is 13.1. The number of hydrogen-bond acceptors (Lipinski definition) is 10. The standard InChI is InChI=1S/C33H36N6O6S/c1-21-27(19-34-30-29(21)39(15-16-44-30)32(41)45-33(2,3)4)23-7-8-24-18-35-31(37-28(24)17-23)36-25-9-5-22(6-10-25)20-46(42,43)38-13-11-26(40)12-14-38/h5-10,17-19H,11-16,20H2,1-4H3,(H,35,36,37). The molecular formula is C33H36N6O6S. The minimum atomic E-state index is -3.51. The number of ketones is 1. The van der Waals surface area contributed by atoms with Gasteiger partial charge in [-0.05, 0) is 62.6 Å². The van der Waals surface area contributed by atoms with Crippen molar-refractivity contribution in [3.63, 3.8) is 0 Å². The number of fused-ring (bicyclic) bond motifs is 2. The van der Waals surface area contributed by atoms with Gasteiger partial charge in [-0.25, -0.2) is 32.5 Å². The summed E-state index contributed by atoms with van der Waals surface area (Å²) in [4.78, 5) is 39.8. The number of nitrogens with zero attached hydrogens (tertiary/aromatic N) is 5. The minimum Gasteiger partial charge on any atom is -0.474 e. The van der Waals surface area contributed by atoms with Crippen LogP contribution in [0.15, 0.2) is 54.9 Å². The number of aromatic nitrogens is 3. The fraction of sp³-hybridized carbons (Fsp3) is 0.364. The average Bonchev–Trinajstić information content (AvgIpc) is 3.01. The van der Waals surface area contributed by atoms with Gasteiger partial charge in [0.05, 0.1) is 17.8 Å². The monoisotopic (exact) mass is 644 g/mol. The number of amides is 1. The molecule has 6 rings (SSSR count). The van der Waals surface area contributed by atoms with Gasteiger partial charge in [0.25, 0.3) is 0 Å². The zero-order valence-corrected chi connectivity index (χ0v) is 27.1. The summed E-state index contributed by atoms with van der Waals surface area (Å²) < 4.78 is 38.5. The van der Waals surface area contributed by atoms with E-state index >= 15 is 0 Å². The van der Waals surface area contributed by atoms with Crippen LogP contribution in [0.1, 0.15) is 44.7 Å². The second-order valence-corrected chi connectivity index (χ2v) is 14.4. The maximum absolute atomic E-state index is 13.1. The maximum Gasteiger partial charge on any atom is 0.415 e. The van der Waals surface area contributed by atoms with E-state index in [1.807, 2.05) is 45.9 Å². The Kier molecular flexibility index (Phi) is 8.38. The summed E-state index contributed by atoms with van der Waals surface area (Å²) in [6.07, 6.45) is 3.55. The third-order valence-corrected chi connectivity index (χ3v) is 9.69. The lowest BCUT2D eigenvalue weighted by atomic mass is 9.99. The molecule has 13 heteroatoms. The summed E-state index contributed by atoms with van der Waals surface area (Å²) in [5.41, 5.74) is 4.53. The Morgan fingerprint density at radius 1 is 1.02 bits per heavy atom. The number of pyridine rings is 1. The molecule has 4 heterocycles. The first-order valence-electron chi connectivity index (χ1n) is 15.1. The van der Waals surface area contributed by atoms with Crippen LogP contribution in [0.25, 0.3) is 22.0 Å². The van der Waals surface area contributed by atoms with Gasteiger partial charge in [-0.1, -0.05) is 24.3 Å². The Hall–Kier alpha value is -4.62. The molecule has 1 amide bonds. The molecule has 4 aromatic rings. The molecule has 240 valence electrons. The van der Waals surface area contributed by atoms with Gasteiger partial charge < -0.3 is 14.8 Å². The van der Waals surface area contributed by atoms with Crippen molar-refractivity contribution in [2.45, 2.75) is 51.9 Å². The smallest absolute Gasteiger partial charge is 0.415 e. The van der Waals surface area contributed by atoms with E-state index in [1.54, 1.807) is 41.6 Å². The fourth-order valence-electron chi connectivity index (χ4n) is 5.51. The molecule has 0 spiro atoms. The first kappa shape index (κ1) is 31.4. The Labute approximate surface area is 267 Å². The van der Waals surface area contributed by atoms with E-state index in [-0.39, 0.29) is 37.5 Å².